The standard InChI is InChI=1S/C29H34FNO4/c1-5-35-23-16-13-19(17-22(23)29(2,3)4)26(32)24-25(18-11-14-20(30)15-12-18)31(28(34)27(24)33)21-9-7-6-8-10-21/h11-17,21,25,32H,5-10H2,1-4H3/b26-24-. The number of amides is 1. The van der Waals surface area contributed by atoms with Gasteiger partial charge in [-0.3, -0.25) is 9.59 Å². The molecule has 1 aliphatic heterocycles. The Bertz CT molecular complexity index is 1140. The van der Waals surface area contributed by atoms with Crippen molar-refractivity contribution < 1.29 is 23.8 Å². The van der Waals surface area contributed by atoms with Gasteiger partial charge in [0.15, 0.2) is 0 Å². The van der Waals surface area contributed by atoms with Crippen LogP contribution in [-0.4, -0.2) is 34.3 Å². The molecule has 186 valence electrons. The van der Waals surface area contributed by atoms with Crippen LogP contribution >= 0.6 is 0 Å². The van der Waals surface area contributed by atoms with Crippen LogP contribution in [-0.2, 0) is 15.0 Å². The van der Waals surface area contributed by atoms with Crippen molar-refractivity contribution in [1.82, 2.24) is 4.90 Å². The number of Topliss-reactive ketones (excluding diaryl/α,β-unsaturated/α-hetero) is 1. The molecule has 1 atom stereocenters. The molecule has 1 aliphatic carbocycles. The molecule has 1 unspecified atom stereocenters. The number of hydrogen-bond donors (Lipinski definition) is 1. The number of carbonyl (C=O) groups is 2. The molecule has 1 saturated carbocycles. The fourth-order valence-corrected chi connectivity index (χ4v) is 5.26. The monoisotopic (exact) mass is 479 g/mol. The molecular formula is C29H34FNO4. The van der Waals surface area contributed by atoms with Crippen LogP contribution in [0.1, 0.15) is 82.5 Å². The lowest BCUT2D eigenvalue weighted by Gasteiger charge is -2.35. The Morgan fingerprint density at radius 3 is 2.31 bits per heavy atom. The molecule has 1 amide bonds. The number of carbonyl (C=O) groups excluding carboxylic acids is 2. The normalized spacial score (nSPS) is 20.9. The quantitative estimate of drug-likeness (QED) is 0.312. The zero-order chi connectivity index (χ0) is 25.3. The first kappa shape index (κ1) is 25.0. The number of rotatable bonds is 5. The van der Waals surface area contributed by atoms with Gasteiger partial charge in [0.1, 0.15) is 17.3 Å². The highest BCUT2D eigenvalue weighted by molar-refractivity contribution is 6.46. The van der Waals surface area contributed by atoms with Gasteiger partial charge in [0.25, 0.3) is 11.7 Å². The molecule has 2 aromatic carbocycles. The Balaban J connectivity index is 1.88. The van der Waals surface area contributed by atoms with E-state index in [2.05, 4.69) is 20.8 Å². The Kier molecular flexibility index (Phi) is 7.02. The van der Waals surface area contributed by atoms with E-state index >= 15 is 0 Å². The molecule has 1 heterocycles. The molecule has 0 radical (unpaired) electrons. The second kappa shape index (κ2) is 9.84. The maximum atomic E-state index is 13.7. The molecule has 35 heavy (non-hydrogen) atoms. The summed E-state index contributed by atoms with van der Waals surface area (Å²) in [5.41, 5.74) is 1.73. The van der Waals surface area contributed by atoms with Crippen molar-refractivity contribution in [2.45, 2.75) is 77.3 Å². The van der Waals surface area contributed by atoms with E-state index < -0.39 is 23.5 Å². The molecule has 1 N–H and O–H groups in total. The maximum absolute atomic E-state index is 13.7. The van der Waals surface area contributed by atoms with Crippen LogP contribution < -0.4 is 4.74 Å². The lowest BCUT2D eigenvalue weighted by molar-refractivity contribution is -0.141. The third-order valence-corrected chi connectivity index (χ3v) is 6.99. The number of nitrogens with zero attached hydrogens (tertiary/aromatic N) is 1. The number of aliphatic hydroxyl groups excluding tert-OH is 1. The predicted molar refractivity (Wildman–Crippen MR) is 134 cm³/mol. The van der Waals surface area contributed by atoms with Crippen molar-refractivity contribution >= 4 is 17.4 Å². The van der Waals surface area contributed by atoms with Crippen LogP contribution in [0, 0.1) is 5.82 Å². The summed E-state index contributed by atoms with van der Waals surface area (Å²) >= 11 is 0. The minimum Gasteiger partial charge on any atom is -0.507 e. The lowest BCUT2D eigenvalue weighted by atomic mass is 9.84. The fraction of sp³-hybridized carbons (Fsp3) is 0.448. The van der Waals surface area contributed by atoms with Crippen LogP contribution in [0.3, 0.4) is 0 Å². The molecule has 1 saturated heterocycles. The third kappa shape index (κ3) is 4.84. The molecule has 2 fully saturated rings. The maximum Gasteiger partial charge on any atom is 0.295 e. The van der Waals surface area contributed by atoms with E-state index in [0.29, 0.717) is 23.5 Å². The second-order valence-corrected chi connectivity index (χ2v) is 10.4. The Morgan fingerprint density at radius 1 is 1.06 bits per heavy atom. The zero-order valence-electron chi connectivity index (χ0n) is 20.9. The van der Waals surface area contributed by atoms with Crippen molar-refractivity contribution in [3.63, 3.8) is 0 Å². The van der Waals surface area contributed by atoms with E-state index in [0.717, 1.165) is 37.7 Å². The van der Waals surface area contributed by atoms with Crippen molar-refractivity contribution in [3.05, 3.63) is 70.5 Å². The minimum atomic E-state index is -0.761. The van der Waals surface area contributed by atoms with Gasteiger partial charge in [-0.1, -0.05) is 52.2 Å². The lowest BCUT2D eigenvalue weighted by Crippen LogP contribution is -2.40. The van der Waals surface area contributed by atoms with Crippen LogP contribution in [0.2, 0.25) is 0 Å². The molecular weight excluding hydrogens is 445 g/mol. The number of aliphatic hydroxyl groups is 1. The van der Waals surface area contributed by atoms with Crippen molar-refractivity contribution in [1.29, 1.82) is 0 Å². The van der Waals surface area contributed by atoms with Gasteiger partial charge >= 0.3 is 0 Å². The minimum absolute atomic E-state index is 0.0520. The predicted octanol–water partition coefficient (Wildman–Crippen LogP) is 6.28. The first-order chi connectivity index (χ1) is 16.6. The molecule has 6 heteroatoms. The molecule has 2 aromatic rings. The van der Waals surface area contributed by atoms with E-state index in [1.165, 1.54) is 12.1 Å². The van der Waals surface area contributed by atoms with Crippen molar-refractivity contribution in [2.75, 3.05) is 6.61 Å². The van der Waals surface area contributed by atoms with Gasteiger partial charge in [0, 0.05) is 17.2 Å². The molecule has 0 aromatic heterocycles. The largest absolute Gasteiger partial charge is 0.507 e. The average molecular weight is 480 g/mol. The number of likely N-dealkylation sites (tertiary alicyclic amines) is 1. The van der Waals surface area contributed by atoms with Crippen LogP contribution in [0.15, 0.2) is 48.0 Å². The molecule has 4 rings (SSSR count). The van der Waals surface area contributed by atoms with Gasteiger partial charge in [-0.25, -0.2) is 4.39 Å². The van der Waals surface area contributed by atoms with E-state index in [-0.39, 0.29) is 22.8 Å². The first-order valence-electron chi connectivity index (χ1n) is 12.5. The van der Waals surface area contributed by atoms with Gasteiger partial charge in [-0.05, 0) is 61.1 Å². The van der Waals surface area contributed by atoms with Gasteiger partial charge in [0.05, 0.1) is 18.2 Å². The Hall–Kier alpha value is -3.15. The number of hydrogen-bond acceptors (Lipinski definition) is 4. The van der Waals surface area contributed by atoms with Crippen LogP contribution in [0.5, 0.6) is 5.75 Å². The van der Waals surface area contributed by atoms with Gasteiger partial charge in [0.2, 0.25) is 0 Å². The topological polar surface area (TPSA) is 66.8 Å². The molecule has 5 nitrogen and oxygen atoms in total. The highest BCUT2D eigenvalue weighted by Crippen LogP contribution is 2.44. The van der Waals surface area contributed by atoms with E-state index in [4.69, 9.17) is 4.74 Å². The van der Waals surface area contributed by atoms with Gasteiger partial charge in [-0.2, -0.15) is 0 Å². The fourth-order valence-electron chi connectivity index (χ4n) is 5.26. The number of benzene rings is 2. The van der Waals surface area contributed by atoms with E-state index in [1.54, 1.807) is 29.2 Å². The highest BCUT2D eigenvalue weighted by Gasteiger charge is 2.48. The summed E-state index contributed by atoms with van der Waals surface area (Å²) in [6.45, 7) is 8.57. The Labute approximate surface area is 206 Å². The zero-order valence-corrected chi connectivity index (χ0v) is 20.9. The van der Waals surface area contributed by atoms with Crippen LogP contribution in [0.4, 0.5) is 4.39 Å². The SMILES string of the molecule is CCOc1ccc(/C(O)=C2/C(=O)C(=O)N(C3CCCCC3)C2c2ccc(F)cc2)cc1C(C)(C)C. The van der Waals surface area contributed by atoms with Gasteiger partial charge < -0.3 is 14.7 Å². The molecule has 0 bridgehead atoms. The molecule has 2 aliphatic rings. The summed E-state index contributed by atoms with van der Waals surface area (Å²) in [4.78, 5) is 28.3. The van der Waals surface area contributed by atoms with Crippen molar-refractivity contribution in [3.8, 4) is 5.75 Å². The van der Waals surface area contributed by atoms with E-state index in [9.17, 15) is 19.1 Å². The average Bonchev–Trinajstić information content (AvgIpc) is 3.10. The number of ether oxygens (including phenoxy) is 1. The summed E-state index contributed by atoms with van der Waals surface area (Å²) in [5, 5.41) is 11.5. The van der Waals surface area contributed by atoms with Crippen molar-refractivity contribution in [2.24, 2.45) is 0 Å². The van der Waals surface area contributed by atoms with Gasteiger partial charge in [-0.15, -0.1) is 0 Å². The summed E-state index contributed by atoms with van der Waals surface area (Å²) in [5.74, 6) is -1.20. The number of halogens is 1. The molecule has 0 spiro atoms. The van der Waals surface area contributed by atoms with E-state index in [1.807, 2.05) is 13.0 Å². The summed E-state index contributed by atoms with van der Waals surface area (Å²) < 4.78 is 19.5. The smallest absolute Gasteiger partial charge is 0.295 e. The Morgan fingerprint density at radius 2 is 1.71 bits per heavy atom. The summed E-state index contributed by atoms with van der Waals surface area (Å²) in [6, 6.07) is 10.3. The first-order valence-corrected chi connectivity index (χ1v) is 12.5. The summed E-state index contributed by atoms with van der Waals surface area (Å²) in [6.07, 6.45) is 4.68. The number of ketones is 1. The van der Waals surface area contributed by atoms with Crippen LogP contribution in [0.25, 0.3) is 5.76 Å². The highest BCUT2D eigenvalue weighted by atomic mass is 19.1. The second-order valence-electron chi connectivity index (χ2n) is 10.4. The summed E-state index contributed by atoms with van der Waals surface area (Å²) in [7, 11) is 0. The third-order valence-electron chi connectivity index (χ3n) is 6.99.